The van der Waals surface area contributed by atoms with Gasteiger partial charge in [0.05, 0.1) is 27.5 Å². The summed E-state index contributed by atoms with van der Waals surface area (Å²) in [5.41, 5.74) is 1.54. The Labute approximate surface area is 206 Å². The summed E-state index contributed by atoms with van der Waals surface area (Å²) in [6.45, 7) is 1.46. The maximum Gasteiger partial charge on any atom is 0.243 e. The van der Waals surface area contributed by atoms with Gasteiger partial charge in [-0.1, -0.05) is 75.5 Å². The zero-order chi connectivity index (χ0) is 23.3. The third-order valence-corrected chi connectivity index (χ3v) is 7.86. The Morgan fingerprint density at radius 2 is 1.66 bits per heavy atom. The fourth-order valence-corrected chi connectivity index (χ4v) is 5.06. The molecule has 0 aliphatic rings. The molecule has 5 nitrogen and oxygen atoms in total. The van der Waals surface area contributed by atoms with Gasteiger partial charge in [0.15, 0.2) is 0 Å². The van der Waals surface area contributed by atoms with Crippen molar-refractivity contribution in [3.05, 3.63) is 98.4 Å². The fraction of sp³-hybridized carbons (Fsp3) is 0.174. The molecule has 0 saturated carbocycles. The van der Waals surface area contributed by atoms with E-state index in [1.165, 1.54) is 12.1 Å². The van der Waals surface area contributed by atoms with Gasteiger partial charge in [-0.05, 0) is 54.4 Å². The predicted molar refractivity (Wildman–Crippen MR) is 131 cm³/mol. The molecule has 9 heteroatoms. The molecule has 0 aromatic heterocycles. The summed E-state index contributed by atoms with van der Waals surface area (Å²) in [7, 11) is -3.96. The second-order valence-electron chi connectivity index (χ2n) is 7.18. The van der Waals surface area contributed by atoms with E-state index >= 15 is 0 Å². The van der Waals surface area contributed by atoms with Crippen molar-refractivity contribution in [1.82, 2.24) is 9.62 Å². The lowest BCUT2D eigenvalue weighted by Crippen LogP contribution is -2.41. The van der Waals surface area contributed by atoms with E-state index in [2.05, 4.69) is 21.2 Å². The molecule has 0 spiro atoms. The van der Waals surface area contributed by atoms with E-state index in [0.29, 0.717) is 15.6 Å². The average molecular weight is 556 g/mol. The number of benzene rings is 3. The third kappa shape index (κ3) is 6.33. The van der Waals surface area contributed by atoms with E-state index in [4.69, 9.17) is 23.2 Å². The van der Waals surface area contributed by atoms with Crippen molar-refractivity contribution in [2.24, 2.45) is 0 Å². The molecular formula is C23H21BrCl2N2O3S. The SMILES string of the molecule is C[C@@H](NC(=O)CN(Cc1ccc(Cl)c(Cl)c1)S(=O)(=O)c1ccc(Br)cc1)c1ccccc1. The van der Waals surface area contributed by atoms with Crippen LogP contribution in [0.25, 0.3) is 0 Å². The monoisotopic (exact) mass is 554 g/mol. The Kier molecular flexibility index (Phi) is 8.36. The van der Waals surface area contributed by atoms with Crippen molar-refractivity contribution >= 4 is 55.1 Å². The van der Waals surface area contributed by atoms with Gasteiger partial charge in [0, 0.05) is 11.0 Å². The van der Waals surface area contributed by atoms with Crippen LogP contribution in [0.15, 0.2) is 82.2 Å². The van der Waals surface area contributed by atoms with E-state index in [0.717, 1.165) is 14.3 Å². The van der Waals surface area contributed by atoms with Gasteiger partial charge in [-0.3, -0.25) is 4.79 Å². The molecule has 0 heterocycles. The smallest absolute Gasteiger partial charge is 0.243 e. The fourth-order valence-electron chi connectivity index (χ4n) is 3.10. The normalized spacial score (nSPS) is 12.5. The first-order valence-electron chi connectivity index (χ1n) is 9.71. The number of hydrogen-bond donors (Lipinski definition) is 1. The van der Waals surface area contributed by atoms with Gasteiger partial charge in [-0.25, -0.2) is 8.42 Å². The van der Waals surface area contributed by atoms with Crippen molar-refractivity contribution in [1.29, 1.82) is 0 Å². The van der Waals surface area contributed by atoms with Crippen LogP contribution in [0.5, 0.6) is 0 Å². The zero-order valence-corrected chi connectivity index (χ0v) is 21.0. The summed E-state index contributed by atoms with van der Waals surface area (Å²) in [5, 5.41) is 3.55. The largest absolute Gasteiger partial charge is 0.348 e. The lowest BCUT2D eigenvalue weighted by atomic mass is 10.1. The second kappa shape index (κ2) is 10.8. The Morgan fingerprint density at radius 1 is 1.00 bits per heavy atom. The molecule has 32 heavy (non-hydrogen) atoms. The van der Waals surface area contributed by atoms with E-state index in [1.54, 1.807) is 30.3 Å². The lowest BCUT2D eigenvalue weighted by Gasteiger charge is -2.23. The van der Waals surface area contributed by atoms with Gasteiger partial charge < -0.3 is 5.32 Å². The maximum atomic E-state index is 13.4. The molecular weight excluding hydrogens is 535 g/mol. The van der Waals surface area contributed by atoms with E-state index in [1.807, 2.05) is 37.3 Å². The van der Waals surface area contributed by atoms with Crippen molar-refractivity contribution in [2.75, 3.05) is 6.54 Å². The highest BCUT2D eigenvalue weighted by Gasteiger charge is 2.27. The van der Waals surface area contributed by atoms with Gasteiger partial charge in [-0.2, -0.15) is 4.31 Å². The minimum Gasteiger partial charge on any atom is -0.348 e. The number of nitrogens with one attached hydrogen (secondary N) is 1. The van der Waals surface area contributed by atoms with Crippen LogP contribution in [0.4, 0.5) is 0 Å². The summed E-state index contributed by atoms with van der Waals surface area (Å²) >= 11 is 15.4. The van der Waals surface area contributed by atoms with Crippen molar-refractivity contribution < 1.29 is 13.2 Å². The molecule has 1 N–H and O–H groups in total. The van der Waals surface area contributed by atoms with E-state index < -0.39 is 15.9 Å². The van der Waals surface area contributed by atoms with Gasteiger partial charge in [0.25, 0.3) is 0 Å². The summed E-state index contributed by atoms with van der Waals surface area (Å²) in [6, 6.07) is 20.3. The number of carbonyl (C=O) groups excluding carboxylic acids is 1. The first kappa shape index (κ1) is 24.7. The minimum absolute atomic E-state index is 0.0393. The molecule has 3 aromatic rings. The molecule has 3 rings (SSSR count). The Bertz CT molecular complexity index is 1190. The standard InChI is InChI=1S/C23H21BrCl2N2O3S/c1-16(18-5-3-2-4-6-18)27-23(29)15-28(14-17-7-12-21(25)22(26)13-17)32(30,31)20-10-8-19(24)9-11-20/h2-13,16H,14-15H2,1H3,(H,27,29)/t16-/m1/s1. The van der Waals surface area contributed by atoms with Crippen LogP contribution in [0.1, 0.15) is 24.1 Å². The summed E-state index contributed by atoms with van der Waals surface area (Å²) < 4.78 is 28.6. The minimum atomic E-state index is -3.96. The first-order valence-corrected chi connectivity index (χ1v) is 12.7. The van der Waals surface area contributed by atoms with Crippen LogP contribution in [-0.4, -0.2) is 25.2 Å². The molecule has 0 fully saturated rings. The number of amides is 1. The van der Waals surface area contributed by atoms with Gasteiger partial charge >= 0.3 is 0 Å². The van der Waals surface area contributed by atoms with Crippen LogP contribution in [0.2, 0.25) is 10.0 Å². The Morgan fingerprint density at radius 3 is 2.28 bits per heavy atom. The van der Waals surface area contributed by atoms with Crippen molar-refractivity contribution in [3.8, 4) is 0 Å². The van der Waals surface area contributed by atoms with Crippen LogP contribution in [0, 0.1) is 0 Å². The molecule has 0 radical (unpaired) electrons. The number of nitrogens with zero attached hydrogens (tertiary/aromatic N) is 1. The average Bonchev–Trinajstić information content (AvgIpc) is 2.76. The highest BCUT2D eigenvalue weighted by molar-refractivity contribution is 9.10. The molecule has 1 amide bonds. The highest BCUT2D eigenvalue weighted by Crippen LogP contribution is 2.25. The Balaban J connectivity index is 1.86. The summed E-state index contributed by atoms with van der Waals surface area (Å²) in [5.74, 6) is -0.415. The molecule has 3 aromatic carbocycles. The van der Waals surface area contributed by atoms with Gasteiger partial charge in [-0.15, -0.1) is 0 Å². The van der Waals surface area contributed by atoms with E-state index in [-0.39, 0.29) is 24.0 Å². The topological polar surface area (TPSA) is 66.5 Å². The number of hydrogen-bond acceptors (Lipinski definition) is 3. The maximum absolute atomic E-state index is 13.4. The van der Waals surface area contributed by atoms with E-state index in [9.17, 15) is 13.2 Å². The van der Waals surface area contributed by atoms with Gasteiger partial charge in [0.2, 0.25) is 15.9 Å². The first-order chi connectivity index (χ1) is 15.2. The van der Waals surface area contributed by atoms with Crippen molar-refractivity contribution in [2.45, 2.75) is 24.4 Å². The number of halogens is 3. The highest BCUT2D eigenvalue weighted by atomic mass is 79.9. The molecule has 168 valence electrons. The number of sulfonamides is 1. The number of carbonyl (C=O) groups is 1. The Hall–Kier alpha value is -1.90. The summed E-state index contributed by atoms with van der Waals surface area (Å²) in [4.78, 5) is 12.9. The molecule has 0 unspecified atom stereocenters. The molecule has 1 atom stereocenters. The van der Waals surface area contributed by atoms with Crippen molar-refractivity contribution in [3.63, 3.8) is 0 Å². The quantitative estimate of drug-likeness (QED) is 0.380. The van der Waals surface area contributed by atoms with Crippen LogP contribution in [0.3, 0.4) is 0 Å². The molecule has 0 aliphatic carbocycles. The van der Waals surface area contributed by atoms with Crippen LogP contribution < -0.4 is 5.32 Å². The number of rotatable bonds is 8. The summed E-state index contributed by atoms with van der Waals surface area (Å²) in [6.07, 6.45) is 0. The lowest BCUT2D eigenvalue weighted by molar-refractivity contribution is -0.122. The van der Waals surface area contributed by atoms with Crippen LogP contribution in [-0.2, 0) is 21.4 Å². The second-order valence-corrected chi connectivity index (χ2v) is 10.8. The van der Waals surface area contributed by atoms with Crippen LogP contribution >= 0.6 is 39.1 Å². The molecule has 0 bridgehead atoms. The van der Waals surface area contributed by atoms with Gasteiger partial charge in [0.1, 0.15) is 0 Å². The predicted octanol–water partition coefficient (Wildman–Crippen LogP) is 5.82. The molecule has 0 saturated heterocycles. The molecule has 0 aliphatic heterocycles. The third-order valence-electron chi connectivity index (χ3n) is 4.79. The zero-order valence-electron chi connectivity index (χ0n) is 17.1.